The van der Waals surface area contributed by atoms with E-state index in [0.717, 1.165) is 27.6 Å². The highest BCUT2D eigenvalue weighted by Crippen LogP contribution is 2.32. The third kappa shape index (κ3) is 4.68. The number of anilines is 2. The summed E-state index contributed by atoms with van der Waals surface area (Å²) < 4.78 is 0.846. The van der Waals surface area contributed by atoms with Crippen molar-refractivity contribution in [3.63, 3.8) is 0 Å². The zero-order valence-electron chi connectivity index (χ0n) is 16.0. The summed E-state index contributed by atoms with van der Waals surface area (Å²) in [5, 5.41) is 11.9. The van der Waals surface area contributed by atoms with Gasteiger partial charge in [0.25, 0.3) is 0 Å². The minimum atomic E-state index is -0.382. The van der Waals surface area contributed by atoms with Crippen LogP contribution in [-0.2, 0) is 9.59 Å². The fourth-order valence-corrected chi connectivity index (χ4v) is 5.00. The second-order valence-electron chi connectivity index (χ2n) is 6.89. The fraction of sp³-hybridized carbons (Fsp3) is 0.474. The number of benzene rings is 1. The van der Waals surface area contributed by atoms with Gasteiger partial charge < -0.3 is 10.2 Å². The lowest BCUT2D eigenvalue weighted by atomic mass is 10.1. The van der Waals surface area contributed by atoms with Gasteiger partial charge in [-0.1, -0.05) is 54.6 Å². The van der Waals surface area contributed by atoms with Crippen molar-refractivity contribution in [1.82, 2.24) is 10.2 Å². The molecule has 1 fully saturated rings. The first kappa shape index (κ1) is 19.8. The summed E-state index contributed by atoms with van der Waals surface area (Å²) in [6.07, 6.45) is 1.26. The molecule has 0 aliphatic carbocycles. The van der Waals surface area contributed by atoms with Gasteiger partial charge in [-0.3, -0.25) is 9.59 Å². The number of amides is 2. The van der Waals surface area contributed by atoms with Crippen molar-refractivity contribution in [3.8, 4) is 0 Å². The molecule has 1 aromatic heterocycles. The summed E-state index contributed by atoms with van der Waals surface area (Å²) in [5.41, 5.74) is 3.07. The van der Waals surface area contributed by atoms with Crippen LogP contribution in [0.3, 0.4) is 0 Å². The van der Waals surface area contributed by atoms with Crippen molar-refractivity contribution in [2.45, 2.75) is 50.1 Å². The van der Waals surface area contributed by atoms with Crippen molar-refractivity contribution in [1.29, 1.82) is 0 Å². The van der Waals surface area contributed by atoms with Gasteiger partial charge in [0.05, 0.1) is 5.92 Å². The van der Waals surface area contributed by atoms with E-state index in [1.807, 2.05) is 32.0 Å². The molecule has 27 heavy (non-hydrogen) atoms. The van der Waals surface area contributed by atoms with E-state index in [2.05, 4.69) is 29.4 Å². The number of nitrogens with zero attached hydrogens (tertiary/aromatic N) is 3. The van der Waals surface area contributed by atoms with E-state index in [1.165, 1.54) is 11.3 Å². The highest BCUT2D eigenvalue weighted by molar-refractivity contribution is 8.01. The normalized spacial score (nSPS) is 18.0. The molecule has 0 radical (unpaired) electrons. The lowest BCUT2D eigenvalue weighted by Gasteiger charge is -2.19. The lowest BCUT2D eigenvalue weighted by Crippen LogP contribution is -2.28. The van der Waals surface area contributed by atoms with E-state index in [4.69, 9.17) is 0 Å². The standard InChI is InChI=1S/C19H24N4O2S2/c1-5-13(4)26-19-22-21-18(27-19)20-17(25)14-9-16(24)23(10-14)15-7-6-11(2)8-12(15)3/h6-8,13-14H,5,9-10H2,1-4H3,(H,20,21,25). The Hall–Kier alpha value is -1.93. The predicted molar refractivity (Wildman–Crippen MR) is 111 cm³/mol. The largest absolute Gasteiger partial charge is 0.311 e. The van der Waals surface area contributed by atoms with Crippen LogP contribution in [0, 0.1) is 19.8 Å². The average molecular weight is 405 g/mol. The highest BCUT2D eigenvalue weighted by Gasteiger charge is 2.36. The monoisotopic (exact) mass is 404 g/mol. The summed E-state index contributed by atoms with van der Waals surface area (Å²) >= 11 is 3.03. The molecule has 2 unspecified atom stereocenters. The summed E-state index contributed by atoms with van der Waals surface area (Å²) in [6, 6.07) is 5.99. The second-order valence-corrected chi connectivity index (χ2v) is 9.56. The van der Waals surface area contributed by atoms with E-state index >= 15 is 0 Å². The number of hydrogen-bond acceptors (Lipinski definition) is 6. The number of carbonyl (C=O) groups excluding carboxylic acids is 2. The molecule has 8 heteroatoms. The van der Waals surface area contributed by atoms with Gasteiger partial charge in [0.1, 0.15) is 0 Å². The Kier molecular flexibility index (Phi) is 6.16. The highest BCUT2D eigenvalue weighted by atomic mass is 32.2. The summed E-state index contributed by atoms with van der Waals surface area (Å²) in [4.78, 5) is 26.8. The van der Waals surface area contributed by atoms with Gasteiger partial charge >= 0.3 is 0 Å². The predicted octanol–water partition coefficient (Wildman–Crippen LogP) is 4.04. The van der Waals surface area contributed by atoms with Crippen LogP contribution in [0.5, 0.6) is 0 Å². The third-order valence-electron chi connectivity index (χ3n) is 4.65. The van der Waals surface area contributed by atoms with E-state index in [1.54, 1.807) is 16.7 Å². The molecule has 1 aliphatic rings. The zero-order chi connectivity index (χ0) is 19.6. The number of aromatic nitrogens is 2. The molecule has 144 valence electrons. The first-order chi connectivity index (χ1) is 12.9. The van der Waals surface area contributed by atoms with Gasteiger partial charge in [-0.05, 0) is 31.9 Å². The number of rotatable bonds is 6. The Labute approximate surface area is 167 Å². The molecule has 1 aromatic carbocycles. The van der Waals surface area contributed by atoms with E-state index in [-0.39, 0.29) is 24.2 Å². The molecule has 2 atom stereocenters. The number of nitrogens with one attached hydrogen (secondary N) is 1. The fourth-order valence-electron chi connectivity index (χ4n) is 3.00. The molecular weight excluding hydrogens is 380 g/mol. The van der Waals surface area contributed by atoms with Gasteiger partial charge in [0, 0.05) is 23.9 Å². The smallest absolute Gasteiger partial charge is 0.231 e. The molecule has 2 aromatic rings. The van der Waals surface area contributed by atoms with Crippen molar-refractivity contribution in [2.24, 2.45) is 5.92 Å². The molecule has 2 amide bonds. The second kappa shape index (κ2) is 8.39. The minimum absolute atomic E-state index is 0.0209. The Balaban J connectivity index is 1.64. The van der Waals surface area contributed by atoms with Crippen molar-refractivity contribution in [3.05, 3.63) is 29.3 Å². The molecule has 0 spiro atoms. The Morgan fingerprint density at radius 3 is 2.89 bits per heavy atom. The van der Waals surface area contributed by atoms with Gasteiger partial charge in [-0.25, -0.2) is 0 Å². The lowest BCUT2D eigenvalue weighted by molar-refractivity contribution is -0.122. The Bertz CT molecular complexity index is 852. The third-order valence-corrected chi connectivity index (χ3v) is 6.84. The van der Waals surface area contributed by atoms with Crippen LogP contribution >= 0.6 is 23.1 Å². The number of aryl methyl sites for hydroxylation is 2. The molecule has 1 N–H and O–H groups in total. The van der Waals surface area contributed by atoms with Crippen LogP contribution in [0.1, 0.15) is 37.8 Å². The molecule has 1 saturated heterocycles. The van der Waals surface area contributed by atoms with Gasteiger partial charge in [0.2, 0.25) is 16.9 Å². The van der Waals surface area contributed by atoms with Gasteiger partial charge in [-0.2, -0.15) is 0 Å². The van der Waals surface area contributed by atoms with E-state index < -0.39 is 0 Å². The van der Waals surface area contributed by atoms with Crippen molar-refractivity contribution in [2.75, 3.05) is 16.8 Å². The van der Waals surface area contributed by atoms with Gasteiger partial charge in [0.15, 0.2) is 4.34 Å². The quantitative estimate of drug-likeness (QED) is 0.581. The molecule has 0 saturated carbocycles. The van der Waals surface area contributed by atoms with E-state index in [0.29, 0.717) is 16.9 Å². The first-order valence-corrected chi connectivity index (χ1v) is 10.8. The summed E-state index contributed by atoms with van der Waals surface area (Å²) in [7, 11) is 0. The number of carbonyl (C=O) groups is 2. The van der Waals surface area contributed by atoms with Crippen LogP contribution in [0.25, 0.3) is 0 Å². The molecule has 1 aliphatic heterocycles. The SMILES string of the molecule is CCC(C)Sc1nnc(NC(=O)C2CC(=O)N(c3ccc(C)cc3C)C2)s1. The van der Waals surface area contributed by atoms with E-state index in [9.17, 15) is 9.59 Å². The van der Waals surface area contributed by atoms with Crippen LogP contribution in [0.2, 0.25) is 0 Å². The zero-order valence-corrected chi connectivity index (χ0v) is 17.6. The maximum absolute atomic E-state index is 12.6. The molecule has 6 nitrogen and oxygen atoms in total. The van der Waals surface area contributed by atoms with Crippen LogP contribution in [0.15, 0.2) is 22.5 Å². The van der Waals surface area contributed by atoms with Crippen LogP contribution in [0.4, 0.5) is 10.8 Å². The van der Waals surface area contributed by atoms with Crippen LogP contribution < -0.4 is 10.2 Å². The first-order valence-electron chi connectivity index (χ1n) is 9.06. The van der Waals surface area contributed by atoms with Crippen molar-refractivity contribution < 1.29 is 9.59 Å². The maximum atomic E-state index is 12.6. The summed E-state index contributed by atoms with van der Waals surface area (Å²) in [5.74, 6) is -0.577. The Morgan fingerprint density at radius 1 is 1.41 bits per heavy atom. The average Bonchev–Trinajstić information content (AvgIpc) is 3.21. The number of hydrogen-bond donors (Lipinski definition) is 1. The molecule has 2 heterocycles. The molecule has 0 bridgehead atoms. The minimum Gasteiger partial charge on any atom is -0.311 e. The van der Waals surface area contributed by atoms with Crippen LogP contribution in [-0.4, -0.2) is 33.8 Å². The summed E-state index contributed by atoms with van der Waals surface area (Å²) in [6.45, 7) is 8.66. The topological polar surface area (TPSA) is 75.2 Å². The van der Waals surface area contributed by atoms with Gasteiger partial charge in [-0.15, -0.1) is 10.2 Å². The number of thioether (sulfide) groups is 1. The maximum Gasteiger partial charge on any atom is 0.231 e. The van der Waals surface area contributed by atoms with Crippen molar-refractivity contribution >= 4 is 45.7 Å². The Morgan fingerprint density at radius 2 is 2.19 bits per heavy atom. The molecular formula is C19H24N4O2S2. The molecule has 3 rings (SSSR count).